The van der Waals surface area contributed by atoms with Crippen LogP contribution in [0.3, 0.4) is 0 Å². The number of fused-ring (bicyclic) bond motifs is 3. The van der Waals surface area contributed by atoms with Crippen LogP contribution in [0, 0.1) is 13.8 Å². The number of benzene rings is 2. The summed E-state index contributed by atoms with van der Waals surface area (Å²) >= 11 is 9.45. The predicted octanol–water partition coefficient (Wildman–Crippen LogP) is 6.12. The molecule has 3 aliphatic heterocycles. The average molecular weight is 818 g/mol. The van der Waals surface area contributed by atoms with Crippen LogP contribution in [-0.2, 0) is 14.4 Å². The number of aliphatic imine (C=N–C) groups is 1. The number of thiophene rings is 1. The molecule has 4 heterocycles. The van der Waals surface area contributed by atoms with E-state index in [0.717, 1.165) is 43.8 Å². The molecule has 0 spiro atoms. The molecule has 16 heteroatoms. The van der Waals surface area contributed by atoms with Gasteiger partial charge in [0.15, 0.2) is 5.50 Å². The number of nitrogens with one attached hydrogen (secondary N) is 6. The number of allylic oxidation sites excluding steroid dienone is 2. The van der Waals surface area contributed by atoms with Crippen LogP contribution in [0.5, 0.6) is 0 Å². The van der Waals surface area contributed by atoms with Gasteiger partial charge in [0, 0.05) is 57.6 Å². The van der Waals surface area contributed by atoms with Crippen molar-refractivity contribution in [2.75, 3.05) is 23.3 Å². The lowest BCUT2D eigenvalue weighted by atomic mass is 9.99. The normalized spacial score (nSPS) is 18.5. The fourth-order valence-electron chi connectivity index (χ4n) is 6.71. The highest BCUT2D eigenvalue weighted by Crippen LogP contribution is 2.42. The minimum absolute atomic E-state index is 0.115. The van der Waals surface area contributed by atoms with Crippen LogP contribution in [0.25, 0.3) is 0 Å². The number of hydrogen-bond acceptors (Lipinski definition) is 11. The summed E-state index contributed by atoms with van der Waals surface area (Å²) in [6.07, 6.45) is 2.29. The van der Waals surface area contributed by atoms with Crippen LogP contribution in [0.1, 0.15) is 91.2 Å². The first-order chi connectivity index (χ1) is 26.9. The van der Waals surface area contributed by atoms with E-state index in [4.69, 9.17) is 16.6 Å². The molecule has 56 heavy (non-hydrogen) atoms. The minimum Gasteiger partial charge on any atom is -0.359 e. The Bertz CT molecular complexity index is 2070. The molecular weight excluding hydrogens is 770 g/mol. The van der Waals surface area contributed by atoms with Gasteiger partial charge in [0.2, 0.25) is 17.7 Å². The standard InChI is InChI=1S/C40H48ClN9O4S2/c1-22-24(3)55-39-35(22)36(27-15-17-28(41)18-16-27)46-31(37-49-48-26(5)50(37)39)21-34(53)43-20-19-42-32(51)13-7-6-8-14-33(52)45-30-12-10-9-11-29(30)38(54)47-40-44-23(2)25(4)56-40/h9-12,15-18,31,37,40,44,49H,6-8,13-14,19-21H2,1-5H3,(H,42,51)(H,43,53)(H,45,52)(H,47,54)/t31-,37?,40?/m0/s1. The predicted molar refractivity (Wildman–Crippen MR) is 226 cm³/mol. The van der Waals surface area contributed by atoms with E-state index in [1.54, 1.807) is 35.6 Å². The van der Waals surface area contributed by atoms with E-state index < -0.39 is 6.04 Å². The van der Waals surface area contributed by atoms with Crippen molar-refractivity contribution in [2.24, 2.45) is 10.1 Å². The van der Waals surface area contributed by atoms with E-state index in [0.29, 0.717) is 48.5 Å². The van der Waals surface area contributed by atoms with Crippen molar-refractivity contribution < 1.29 is 19.2 Å². The molecule has 1 aromatic heterocycles. The average Bonchev–Trinajstić information content (AvgIpc) is 3.77. The van der Waals surface area contributed by atoms with Gasteiger partial charge < -0.3 is 26.6 Å². The van der Waals surface area contributed by atoms with Crippen LogP contribution in [0.15, 0.2) is 69.2 Å². The highest BCUT2D eigenvalue weighted by atomic mass is 35.5. The van der Waals surface area contributed by atoms with Crippen LogP contribution in [0.2, 0.25) is 5.02 Å². The zero-order chi connectivity index (χ0) is 39.9. The summed E-state index contributed by atoms with van der Waals surface area (Å²) in [4.78, 5) is 61.1. The molecule has 3 atom stereocenters. The Kier molecular flexibility index (Phi) is 13.4. The van der Waals surface area contributed by atoms with Crippen molar-refractivity contribution >= 4 is 80.6 Å². The van der Waals surface area contributed by atoms with Gasteiger partial charge in [-0.25, -0.2) is 0 Å². The Morgan fingerprint density at radius 2 is 1.57 bits per heavy atom. The Labute approximate surface area is 340 Å². The number of unbranched alkanes of at least 4 members (excludes halogenated alkanes) is 2. The van der Waals surface area contributed by atoms with Crippen molar-refractivity contribution in [1.29, 1.82) is 0 Å². The molecule has 0 radical (unpaired) electrons. The molecule has 13 nitrogen and oxygen atoms in total. The monoisotopic (exact) mass is 817 g/mol. The second-order valence-electron chi connectivity index (χ2n) is 14.0. The largest absolute Gasteiger partial charge is 0.359 e. The fourth-order valence-corrected chi connectivity index (χ4v) is 9.06. The third-order valence-corrected chi connectivity index (χ3v) is 12.5. The van der Waals surface area contributed by atoms with Gasteiger partial charge in [0.05, 0.1) is 29.4 Å². The second kappa shape index (κ2) is 18.4. The van der Waals surface area contributed by atoms with Crippen LogP contribution in [0.4, 0.5) is 10.7 Å². The maximum atomic E-state index is 13.3. The van der Waals surface area contributed by atoms with Gasteiger partial charge in [-0.05, 0) is 77.3 Å². The van der Waals surface area contributed by atoms with E-state index in [2.05, 4.69) is 55.9 Å². The SMILES string of the molecule is CC1=NNC2[C@H](CC(=O)NCCNC(=O)CCCCCC(=O)Nc3ccccc3C(=O)NC3NC(C)=C(C)S3)N=C(c3ccc(Cl)cc3)c3c(sc(C)c3C)N12. The second-order valence-corrected chi connectivity index (χ2v) is 16.9. The molecule has 2 unspecified atom stereocenters. The summed E-state index contributed by atoms with van der Waals surface area (Å²) in [6.45, 7) is 10.7. The molecule has 0 bridgehead atoms. The zero-order valence-electron chi connectivity index (χ0n) is 32.2. The highest BCUT2D eigenvalue weighted by Gasteiger charge is 2.41. The van der Waals surface area contributed by atoms with E-state index in [1.165, 1.54) is 16.6 Å². The molecule has 2 aromatic carbocycles. The first-order valence-electron chi connectivity index (χ1n) is 18.8. The molecule has 3 aromatic rings. The zero-order valence-corrected chi connectivity index (χ0v) is 34.6. The molecule has 4 amide bonds. The lowest BCUT2D eigenvalue weighted by Crippen LogP contribution is -2.48. The lowest BCUT2D eigenvalue weighted by molar-refractivity contribution is -0.123. The number of aryl methyl sites for hydroxylation is 1. The molecular formula is C40H48ClN9O4S2. The third kappa shape index (κ3) is 9.74. The number of thioether (sulfide) groups is 1. The summed E-state index contributed by atoms with van der Waals surface area (Å²) in [5.41, 5.74) is 8.75. The number of carbonyl (C=O) groups is 4. The maximum absolute atomic E-state index is 13.3. The maximum Gasteiger partial charge on any atom is 0.255 e. The lowest BCUT2D eigenvalue weighted by Gasteiger charge is -2.28. The number of hydrazone groups is 1. The number of carbonyl (C=O) groups excluding carboxylic acids is 4. The molecule has 3 aliphatic rings. The van der Waals surface area contributed by atoms with Gasteiger partial charge in [0.1, 0.15) is 17.0 Å². The molecule has 296 valence electrons. The summed E-state index contributed by atoms with van der Waals surface area (Å²) < 4.78 is 0. The van der Waals surface area contributed by atoms with Gasteiger partial charge in [-0.2, -0.15) is 5.10 Å². The smallest absolute Gasteiger partial charge is 0.255 e. The Balaban J connectivity index is 0.917. The van der Waals surface area contributed by atoms with Gasteiger partial charge in [0.25, 0.3) is 5.91 Å². The van der Waals surface area contributed by atoms with Crippen LogP contribution in [-0.4, -0.2) is 66.0 Å². The van der Waals surface area contributed by atoms with Gasteiger partial charge in [-0.1, -0.05) is 54.0 Å². The van der Waals surface area contributed by atoms with Crippen molar-refractivity contribution in [3.63, 3.8) is 0 Å². The van der Waals surface area contributed by atoms with Crippen molar-refractivity contribution in [2.45, 2.75) is 90.8 Å². The van der Waals surface area contributed by atoms with Crippen molar-refractivity contribution in [3.8, 4) is 0 Å². The highest BCUT2D eigenvalue weighted by molar-refractivity contribution is 8.03. The molecule has 0 aliphatic carbocycles. The minimum atomic E-state index is -0.447. The van der Waals surface area contributed by atoms with E-state index in [1.807, 2.05) is 45.0 Å². The Hall–Kier alpha value is -4.86. The Morgan fingerprint density at radius 3 is 2.29 bits per heavy atom. The Morgan fingerprint density at radius 1 is 0.875 bits per heavy atom. The summed E-state index contributed by atoms with van der Waals surface area (Å²) in [7, 11) is 0. The van der Waals surface area contributed by atoms with Gasteiger partial charge in [-0.15, -0.1) is 11.3 Å². The first-order valence-corrected chi connectivity index (χ1v) is 20.8. The molecule has 0 saturated heterocycles. The van der Waals surface area contributed by atoms with E-state index in [-0.39, 0.29) is 54.7 Å². The number of para-hydroxylation sites is 1. The number of amides is 4. The fraction of sp³-hybridized carbons (Fsp3) is 0.400. The van der Waals surface area contributed by atoms with Crippen molar-refractivity contribution in [3.05, 3.63) is 91.3 Å². The molecule has 0 saturated carbocycles. The van der Waals surface area contributed by atoms with Crippen molar-refractivity contribution in [1.82, 2.24) is 26.7 Å². The summed E-state index contributed by atoms with van der Waals surface area (Å²) in [5, 5.41) is 21.0. The topological polar surface area (TPSA) is 168 Å². The van der Waals surface area contributed by atoms with Gasteiger partial charge in [-0.3, -0.25) is 34.5 Å². The third-order valence-electron chi connectivity index (χ3n) is 9.93. The van der Waals surface area contributed by atoms with E-state index in [9.17, 15) is 19.2 Å². The number of amidine groups is 1. The number of nitrogens with zero attached hydrogens (tertiary/aromatic N) is 3. The number of hydrogen-bond donors (Lipinski definition) is 6. The quantitative estimate of drug-likeness (QED) is 0.0998. The first kappa shape index (κ1) is 40.8. The molecule has 0 fully saturated rings. The van der Waals surface area contributed by atoms with Crippen LogP contribution >= 0.6 is 34.7 Å². The summed E-state index contributed by atoms with van der Waals surface area (Å²) in [5.74, 6) is 0.0471. The number of anilines is 2. The van der Waals surface area contributed by atoms with Crippen LogP contribution < -0.4 is 36.9 Å². The van der Waals surface area contributed by atoms with Gasteiger partial charge >= 0.3 is 0 Å². The van der Waals surface area contributed by atoms with E-state index >= 15 is 0 Å². The number of rotatable bonds is 15. The molecule has 6 rings (SSSR count). The number of halogens is 1. The summed E-state index contributed by atoms with van der Waals surface area (Å²) in [6, 6.07) is 14.1. The molecule has 6 N–H and O–H groups in total.